The first-order valence-corrected chi connectivity index (χ1v) is 6.23. The number of amides is 1. The Kier molecular flexibility index (Phi) is 6.07. The molecule has 0 aliphatic rings. The van der Waals surface area contributed by atoms with Crippen LogP contribution in [0.3, 0.4) is 0 Å². The van der Waals surface area contributed by atoms with Crippen LogP contribution in [0.5, 0.6) is 0 Å². The summed E-state index contributed by atoms with van der Waals surface area (Å²) in [7, 11) is 0. The summed E-state index contributed by atoms with van der Waals surface area (Å²) >= 11 is 0. The molecule has 1 amide bonds. The summed E-state index contributed by atoms with van der Waals surface area (Å²) in [5.74, 6) is 5.57. The van der Waals surface area contributed by atoms with E-state index in [1.165, 1.54) is 0 Å². The average Bonchev–Trinajstić information content (AvgIpc) is 2.33. The van der Waals surface area contributed by atoms with Gasteiger partial charge in [-0.3, -0.25) is 4.79 Å². The minimum atomic E-state index is -0.169. The van der Waals surface area contributed by atoms with Crippen LogP contribution in [0.4, 0.5) is 5.69 Å². The Labute approximate surface area is 114 Å². The maximum absolute atomic E-state index is 11.7. The lowest BCUT2D eigenvalue weighted by Crippen LogP contribution is -2.20. The molecule has 0 radical (unpaired) electrons. The van der Waals surface area contributed by atoms with E-state index in [-0.39, 0.29) is 18.6 Å². The zero-order chi connectivity index (χ0) is 14.3. The lowest BCUT2D eigenvalue weighted by atomic mass is 10.1. The summed E-state index contributed by atoms with van der Waals surface area (Å²) in [6.45, 7) is 6.10. The number of hydrogen-bond acceptors (Lipinski definition) is 3. The Morgan fingerprint density at radius 3 is 2.79 bits per heavy atom. The van der Waals surface area contributed by atoms with Crippen LogP contribution in [0.25, 0.3) is 0 Å². The number of benzene rings is 1. The molecule has 0 aromatic heterocycles. The highest BCUT2D eigenvalue weighted by atomic mass is 16.5. The Hall–Kier alpha value is -1.83. The molecule has 0 atom stereocenters. The number of ether oxygens (including phenoxy) is 1. The number of hydrogen-bond donors (Lipinski definition) is 2. The van der Waals surface area contributed by atoms with E-state index in [4.69, 9.17) is 10.5 Å². The molecule has 0 unspecified atom stereocenters. The first-order valence-electron chi connectivity index (χ1n) is 6.23. The largest absolute Gasteiger partial charge is 0.369 e. The van der Waals surface area contributed by atoms with Gasteiger partial charge in [0, 0.05) is 11.3 Å². The number of anilines is 1. The maximum Gasteiger partial charge on any atom is 0.250 e. The van der Waals surface area contributed by atoms with Crippen LogP contribution in [0, 0.1) is 18.8 Å². The Balaban J connectivity index is 2.72. The van der Waals surface area contributed by atoms with Gasteiger partial charge in [-0.25, -0.2) is 0 Å². The molecule has 4 heteroatoms. The van der Waals surface area contributed by atoms with Gasteiger partial charge in [0.2, 0.25) is 5.91 Å². The molecule has 1 aromatic carbocycles. The predicted molar refractivity (Wildman–Crippen MR) is 76.8 cm³/mol. The smallest absolute Gasteiger partial charge is 0.250 e. The fraction of sp³-hybridized carbons (Fsp3) is 0.400. The van der Waals surface area contributed by atoms with Crippen molar-refractivity contribution in [3.05, 3.63) is 29.3 Å². The van der Waals surface area contributed by atoms with Crippen LogP contribution >= 0.6 is 0 Å². The van der Waals surface area contributed by atoms with E-state index >= 15 is 0 Å². The third kappa shape index (κ3) is 6.05. The van der Waals surface area contributed by atoms with Crippen LogP contribution in [0.2, 0.25) is 0 Å². The zero-order valence-electron chi connectivity index (χ0n) is 11.6. The van der Waals surface area contributed by atoms with Gasteiger partial charge in [0.1, 0.15) is 6.61 Å². The van der Waals surface area contributed by atoms with Gasteiger partial charge in [-0.1, -0.05) is 11.8 Å². The summed E-state index contributed by atoms with van der Waals surface area (Å²) in [6.07, 6.45) is 0.0363. The molecule has 0 bridgehead atoms. The molecule has 1 rings (SSSR count). The SMILES string of the molecule is Cc1cc(C#CCN)cc(NC(=O)COC(C)C)c1. The van der Waals surface area contributed by atoms with Gasteiger partial charge in [-0.15, -0.1) is 0 Å². The van der Waals surface area contributed by atoms with Crippen molar-refractivity contribution >= 4 is 11.6 Å². The maximum atomic E-state index is 11.7. The Bertz CT molecular complexity index is 499. The number of rotatable bonds is 4. The topological polar surface area (TPSA) is 64.3 Å². The minimum Gasteiger partial charge on any atom is -0.369 e. The average molecular weight is 260 g/mol. The van der Waals surface area contributed by atoms with E-state index < -0.39 is 0 Å². The molecule has 0 saturated heterocycles. The van der Waals surface area contributed by atoms with Gasteiger partial charge in [0.05, 0.1) is 12.6 Å². The molecule has 0 fully saturated rings. The fourth-order valence-electron chi connectivity index (χ4n) is 1.52. The van der Waals surface area contributed by atoms with Gasteiger partial charge in [0.25, 0.3) is 0 Å². The highest BCUT2D eigenvalue weighted by molar-refractivity contribution is 5.92. The van der Waals surface area contributed by atoms with E-state index in [9.17, 15) is 4.79 Å². The number of nitrogens with two attached hydrogens (primary N) is 1. The standard InChI is InChI=1S/C15H20N2O2/c1-11(2)19-10-15(18)17-14-8-12(3)7-13(9-14)5-4-6-16/h7-9,11H,6,10,16H2,1-3H3,(H,17,18). The molecule has 0 heterocycles. The first-order chi connectivity index (χ1) is 9.01. The lowest BCUT2D eigenvalue weighted by Gasteiger charge is -2.09. The molecule has 3 N–H and O–H groups in total. The molecule has 0 spiro atoms. The highest BCUT2D eigenvalue weighted by Crippen LogP contribution is 2.13. The predicted octanol–water partition coefficient (Wildman–Crippen LogP) is 1.67. The van der Waals surface area contributed by atoms with Crippen LogP contribution in [0.15, 0.2) is 18.2 Å². The van der Waals surface area contributed by atoms with E-state index in [2.05, 4.69) is 17.2 Å². The number of carbonyl (C=O) groups excluding carboxylic acids is 1. The summed E-state index contributed by atoms with van der Waals surface area (Å²) in [5.41, 5.74) is 7.93. The van der Waals surface area contributed by atoms with Crippen molar-refractivity contribution in [1.29, 1.82) is 0 Å². The van der Waals surface area contributed by atoms with Gasteiger partial charge in [-0.05, 0) is 44.5 Å². The van der Waals surface area contributed by atoms with Crippen molar-refractivity contribution in [2.75, 3.05) is 18.5 Å². The molecule has 0 saturated carbocycles. The van der Waals surface area contributed by atoms with E-state index in [0.29, 0.717) is 6.54 Å². The monoisotopic (exact) mass is 260 g/mol. The van der Waals surface area contributed by atoms with Crippen molar-refractivity contribution in [3.8, 4) is 11.8 Å². The van der Waals surface area contributed by atoms with E-state index in [0.717, 1.165) is 16.8 Å². The third-order valence-electron chi connectivity index (χ3n) is 2.24. The van der Waals surface area contributed by atoms with Gasteiger partial charge < -0.3 is 15.8 Å². The summed E-state index contributed by atoms with van der Waals surface area (Å²) < 4.78 is 5.24. The molecule has 0 aliphatic heterocycles. The van der Waals surface area contributed by atoms with Crippen LogP contribution in [-0.4, -0.2) is 25.2 Å². The molecule has 4 nitrogen and oxygen atoms in total. The second-order valence-corrected chi connectivity index (χ2v) is 4.50. The normalized spacial score (nSPS) is 9.95. The molecular weight excluding hydrogens is 240 g/mol. The van der Waals surface area contributed by atoms with Crippen molar-refractivity contribution in [2.45, 2.75) is 26.9 Å². The second kappa shape index (κ2) is 7.57. The van der Waals surface area contributed by atoms with E-state index in [1.54, 1.807) is 0 Å². The number of nitrogens with one attached hydrogen (secondary N) is 1. The first kappa shape index (κ1) is 15.2. The molecule has 19 heavy (non-hydrogen) atoms. The van der Waals surface area contributed by atoms with Crippen LogP contribution in [0.1, 0.15) is 25.0 Å². The van der Waals surface area contributed by atoms with Crippen molar-refractivity contribution < 1.29 is 9.53 Å². The third-order valence-corrected chi connectivity index (χ3v) is 2.24. The minimum absolute atomic E-state index is 0.0363. The van der Waals surface area contributed by atoms with Gasteiger partial charge in [0.15, 0.2) is 0 Å². The van der Waals surface area contributed by atoms with Gasteiger partial charge in [-0.2, -0.15) is 0 Å². The summed E-state index contributed by atoms with van der Waals surface area (Å²) in [6, 6.07) is 5.66. The van der Waals surface area contributed by atoms with Crippen molar-refractivity contribution in [3.63, 3.8) is 0 Å². The molecule has 1 aromatic rings. The Morgan fingerprint density at radius 2 is 2.16 bits per heavy atom. The second-order valence-electron chi connectivity index (χ2n) is 4.50. The summed E-state index contributed by atoms with van der Waals surface area (Å²) in [4.78, 5) is 11.7. The van der Waals surface area contributed by atoms with E-state index in [1.807, 2.05) is 39.0 Å². The molecule has 0 aliphatic carbocycles. The highest BCUT2D eigenvalue weighted by Gasteiger charge is 2.05. The number of carbonyl (C=O) groups is 1. The fourth-order valence-corrected chi connectivity index (χ4v) is 1.52. The van der Waals surface area contributed by atoms with Gasteiger partial charge >= 0.3 is 0 Å². The van der Waals surface area contributed by atoms with Crippen molar-refractivity contribution in [2.24, 2.45) is 5.73 Å². The molecule has 102 valence electrons. The molecular formula is C15H20N2O2. The summed E-state index contributed by atoms with van der Waals surface area (Å²) in [5, 5.41) is 2.79. The lowest BCUT2D eigenvalue weighted by molar-refractivity contribution is -0.121. The van der Waals surface area contributed by atoms with Crippen LogP contribution < -0.4 is 11.1 Å². The Morgan fingerprint density at radius 1 is 1.42 bits per heavy atom. The quantitative estimate of drug-likeness (QED) is 0.809. The van der Waals surface area contributed by atoms with Crippen molar-refractivity contribution in [1.82, 2.24) is 0 Å². The van der Waals surface area contributed by atoms with Crippen LogP contribution in [-0.2, 0) is 9.53 Å². The number of aryl methyl sites for hydroxylation is 1. The zero-order valence-corrected chi connectivity index (χ0v) is 11.6.